The second kappa shape index (κ2) is 6.16. The third-order valence-corrected chi connectivity index (χ3v) is 3.32. The van der Waals surface area contributed by atoms with E-state index in [0.717, 1.165) is 31.4 Å². The first-order valence-electron chi connectivity index (χ1n) is 6.07. The van der Waals surface area contributed by atoms with Crippen LogP contribution in [0.5, 0.6) is 0 Å². The van der Waals surface area contributed by atoms with Gasteiger partial charge < -0.3 is 10.1 Å². The zero-order chi connectivity index (χ0) is 13.8. The predicted octanol–water partition coefficient (Wildman–Crippen LogP) is 3.37. The van der Waals surface area contributed by atoms with E-state index < -0.39 is 10.7 Å². The van der Waals surface area contributed by atoms with Crippen LogP contribution in [0.4, 0.5) is 15.8 Å². The van der Waals surface area contributed by atoms with Gasteiger partial charge in [0.2, 0.25) is 0 Å². The monoisotopic (exact) mass is 288 g/mol. The van der Waals surface area contributed by atoms with Crippen LogP contribution in [-0.4, -0.2) is 24.2 Å². The first-order valence-corrected chi connectivity index (χ1v) is 6.44. The molecule has 1 saturated heterocycles. The van der Waals surface area contributed by atoms with Gasteiger partial charge in [0.1, 0.15) is 11.5 Å². The molecule has 1 atom stereocenters. The number of ether oxygens (including phenoxy) is 1. The predicted molar refractivity (Wildman–Crippen MR) is 70.1 cm³/mol. The number of halogens is 2. The van der Waals surface area contributed by atoms with Crippen molar-refractivity contribution >= 4 is 23.0 Å². The van der Waals surface area contributed by atoms with E-state index in [9.17, 15) is 14.5 Å². The Morgan fingerprint density at radius 3 is 2.95 bits per heavy atom. The maximum absolute atomic E-state index is 13.4. The fourth-order valence-corrected chi connectivity index (χ4v) is 2.18. The lowest BCUT2D eigenvalue weighted by atomic mass is 10.1. The number of rotatable bonds is 4. The van der Waals surface area contributed by atoms with Crippen molar-refractivity contribution in [1.29, 1.82) is 0 Å². The van der Waals surface area contributed by atoms with E-state index in [1.54, 1.807) is 0 Å². The smallest absolute Gasteiger partial charge is 0.294 e. The maximum Gasteiger partial charge on any atom is 0.294 e. The molecule has 1 heterocycles. The van der Waals surface area contributed by atoms with Gasteiger partial charge in [0.15, 0.2) is 0 Å². The normalized spacial score (nSPS) is 19.2. The highest BCUT2D eigenvalue weighted by atomic mass is 35.5. The van der Waals surface area contributed by atoms with Crippen LogP contribution in [0, 0.1) is 15.9 Å². The van der Waals surface area contributed by atoms with Crippen LogP contribution in [0.1, 0.15) is 19.3 Å². The Morgan fingerprint density at radius 1 is 1.53 bits per heavy atom. The Bertz CT molecular complexity index is 478. The summed E-state index contributed by atoms with van der Waals surface area (Å²) in [5.74, 6) is -0.681. The molecule has 0 aromatic heterocycles. The molecule has 5 nitrogen and oxygen atoms in total. The SMILES string of the molecule is O=[N+]([O-])c1cc(Cl)c(F)cc1NCC1CCCCO1. The van der Waals surface area contributed by atoms with E-state index in [2.05, 4.69) is 5.32 Å². The quantitative estimate of drug-likeness (QED) is 0.681. The molecule has 0 amide bonds. The first-order chi connectivity index (χ1) is 9.08. The lowest BCUT2D eigenvalue weighted by Crippen LogP contribution is -2.27. The fourth-order valence-electron chi connectivity index (χ4n) is 2.02. The number of benzene rings is 1. The van der Waals surface area contributed by atoms with E-state index in [-0.39, 0.29) is 22.5 Å². The zero-order valence-electron chi connectivity index (χ0n) is 10.2. The second-order valence-corrected chi connectivity index (χ2v) is 4.82. The number of hydrogen-bond donors (Lipinski definition) is 1. The summed E-state index contributed by atoms with van der Waals surface area (Å²) in [7, 11) is 0. The summed E-state index contributed by atoms with van der Waals surface area (Å²) in [6.07, 6.45) is 3.01. The van der Waals surface area contributed by atoms with E-state index in [4.69, 9.17) is 16.3 Å². The van der Waals surface area contributed by atoms with Crippen LogP contribution >= 0.6 is 11.6 Å². The van der Waals surface area contributed by atoms with Gasteiger partial charge in [0.25, 0.3) is 5.69 Å². The molecule has 1 N–H and O–H groups in total. The standard InChI is InChI=1S/C12H14ClFN2O3/c13-9-5-12(16(17)18)11(6-10(9)14)15-7-8-3-1-2-4-19-8/h5-6,8,15H,1-4,7H2. The van der Waals surface area contributed by atoms with Crippen LogP contribution in [0.2, 0.25) is 5.02 Å². The Labute approximate surface area is 114 Å². The highest BCUT2D eigenvalue weighted by Crippen LogP contribution is 2.30. The Morgan fingerprint density at radius 2 is 2.32 bits per heavy atom. The molecule has 1 aromatic rings. The molecule has 1 aromatic carbocycles. The van der Waals surface area contributed by atoms with Crippen molar-refractivity contribution < 1.29 is 14.1 Å². The van der Waals surface area contributed by atoms with Crippen LogP contribution in [0.3, 0.4) is 0 Å². The number of anilines is 1. The molecule has 1 aliphatic rings. The molecule has 1 fully saturated rings. The molecule has 19 heavy (non-hydrogen) atoms. The van der Waals surface area contributed by atoms with Crippen molar-refractivity contribution in [3.05, 3.63) is 33.1 Å². The van der Waals surface area contributed by atoms with Crippen molar-refractivity contribution in [1.82, 2.24) is 0 Å². The molecule has 1 unspecified atom stereocenters. The molecular formula is C12H14ClFN2O3. The lowest BCUT2D eigenvalue weighted by Gasteiger charge is -2.23. The summed E-state index contributed by atoms with van der Waals surface area (Å²) in [6.45, 7) is 1.12. The van der Waals surface area contributed by atoms with Crippen LogP contribution in [0.25, 0.3) is 0 Å². The molecule has 7 heteroatoms. The molecule has 1 aliphatic heterocycles. The topological polar surface area (TPSA) is 64.4 Å². The van der Waals surface area contributed by atoms with Crippen molar-refractivity contribution in [2.75, 3.05) is 18.5 Å². The van der Waals surface area contributed by atoms with Crippen molar-refractivity contribution in [3.8, 4) is 0 Å². The van der Waals surface area contributed by atoms with Gasteiger partial charge in [-0.25, -0.2) is 4.39 Å². The Kier molecular flexibility index (Phi) is 4.55. The summed E-state index contributed by atoms with van der Waals surface area (Å²) >= 11 is 5.55. The average Bonchev–Trinajstić information content (AvgIpc) is 2.40. The van der Waals surface area contributed by atoms with Gasteiger partial charge in [0, 0.05) is 25.3 Å². The zero-order valence-corrected chi connectivity index (χ0v) is 11.0. The number of nitro groups is 1. The number of nitrogens with zero attached hydrogens (tertiary/aromatic N) is 1. The van der Waals surface area contributed by atoms with Gasteiger partial charge in [-0.2, -0.15) is 0 Å². The minimum atomic E-state index is -0.681. The van der Waals surface area contributed by atoms with Crippen LogP contribution in [0.15, 0.2) is 12.1 Å². The molecule has 0 radical (unpaired) electrons. The summed E-state index contributed by atoms with van der Waals surface area (Å²) < 4.78 is 18.9. The molecule has 0 bridgehead atoms. The van der Waals surface area contributed by atoms with Gasteiger partial charge in [0.05, 0.1) is 16.0 Å². The van der Waals surface area contributed by atoms with Crippen molar-refractivity contribution in [3.63, 3.8) is 0 Å². The second-order valence-electron chi connectivity index (χ2n) is 4.41. The van der Waals surface area contributed by atoms with Gasteiger partial charge >= 0.3 is 0 Å². The first kappa shape index (κ1) is 14.0. The minimum Gasteiger partial charge on any atom is -0.377 e. The van der Waals surface area contributed by atoms with E-state index in [1.807, 2.05) is 0 Å². The number of nitro benzene ring substituents is 1. The van der Waals surface area contributed by atoms with Crippen molar-refractivity contribution in [2.45, 2.75) is 25.4 Å². The summed E-state index contributed by atoms with van der Waals surface area (Å²) in [4.78, 5) is 10.3. The molecule has 0 spiro atoms. The summed E-state index contributed by atoms with van der Waals surface area (Å²) in [5.41, 5.74) is -0.108. The van der Waals surface area contributed by atoms with Gasteiger partial charge in [-0.15, -0.1) is 0 Å². The largest absolute Gasteiger partial charge is 0.377 e. The van der Waals surface area contributed by atoms with Crippen LogP contribution < -0.4 is 5.32 Å². The van der Waals surface area contributed by atoms with Crippen molar-refractivity contribution in [2.24, 2.45) is 0 Å². The van der Waals surface area contributed by atoms with E-state index in [0.29, 0.717) is 13.2 Å². The summed E-state index contributed by atoms with van der Waals surface area (Å²) in [6, 6.07) is 2.06. The molecule has 104 valence electrons. The molecule has 0 aliphatic carbocycles. The van der Waals surface area contributed by atoms with Crippen LogP contribution in [-0.2, 0) is 4.74 Å². The minimum absolute atomic E-state index is 0.00657. The molecule has 2 rings (SSSR count). The van der Waals surface area contributed by atoms with Gasteiger partial charge in [-0.1, -0.05) is 11.6 Å². The van der Waals surface area contributed by atoms with E-state index in [1.165, 1.54) is 0 Å². The third-order valence-electron chi connectivity index (χ3n) is 3.03. The third kappa shape index (κ3) is 3.54. The van der Waals surface area contributed by atoms with Gasteiger partial charge in [-0.05, 0) is 19.3 Å². The fraction of sp³-hybridized carbons (Fsp3) is 0.500. The summed E-state index contributed by atoms with van der Waals surface area (Å²) in [5, 5.41) is 13.5. The number of nitrogens with one attached hydrogen (secondary N) is 1. The highest BCUT2D eigenvalue weighted by molar-refractivity contribution is 6.31. The molecular weight excluding hydrogens is 275 g/mol. The molecule has 0 saturated carbocycles. The Hall–Kier alpha value is -1.40. The van der Waals surface area contributed by atoms with Gasteiger partial charge in [-0.3, -0.25) is 10.1 Å². The maximum atomic E-state index is 13.4. The lowest BCUT2D eigenvalue weighted by molar-refractivity contribution is -0.384. The highest BCUT2D eigenvalue weighted by Gasteiger charge is 2.20. The average molecular weight is 289 g/mol. The number of hydrogen-bond acceptors (Lipinski definition) is 4. The van der Waals surface area contributed by atoms with E-state index >= 15 is 0 Å². The Balaban J connectivity index is 2.09.